The second-order valence-corrected chi connectivity index (χ2v) is 4.90. The van der Waals surface area contributed by atoms with Gasteiger partial charge in [-0.3, -0.25) is 10.1 Å². The van der Waals surface area contributed by atoms with Crippen molar-refractivity contribution in [3.05, 3.63) is 27.9 Å². The zero-order valence-corrected chi connectivity index (χ0v) is 10.9. The van der Waals surface area contributed by atoms with Gasteiger partial charge >= 0.3 is 11.7 Å². The summed E-state index contributed by atoms with van der Waals surface area (Å²) in [5, 5.41) is 19.8. The fraction of sp³-hybridized carbons (Fsp3) is 0.538. The number of carbonyl (C=O) groups is 1. The van der Waals surface area contributed by atoms with E-state index in [-0.39, 0.29) is 17.3 Å². The summed E-state index contributed by atoms with van der Waals surface area (Å²) >= 11 is 0. The molecule has 7 heteroatoms. The van der Waals surface area contributed by atoms with E-state index in [1.165, 1.54) is 6.42 Å². The van der Waals surface area contributed by atoms with E-state index in [0.717, 1.165) is 37.8 Å². The van der Waals surface area contributed by atoms with Crippen LogP contribution in [0.2, 0.25) is 0 Å². The summed E-state index contributed by atoms with van der Waals surface area (Å²) < 4.78 is 5.41. The molecular formula is C13H16N2O5. The van der Waals surface area contributed by atoms with Gasteiger partial charge in [0, 0.05) is 6.07 Å². The summed E-state index contributed by atoms with van der Waals surface area (Å²) in [5.74, 6) is -1.08. The normalized spacial score (nSPS) is 15.8. The molecule has 0 spiro atoms. The average molecular weight is 280 g/mol. The highest BCUT2D eigenvalue weighted by molar-refractivity contribution is 5.85. The fourth-order valence-electron chi connectivity index (χ4n) is 2.35. The van der Waals surface area contributed by atoms with E-state index in [1.807, 2.05) is 0 Å². The topological polar surface area (TPSA) is 103 Å². The number of nitro groups is 1. The number of carboxylic acid groups (broad SMARTS) is 1. The highest BCUT2D eigenvalue weighted by atomic mass is 16.6. The first-order valence-electron chi connectivity index (χ1n) is 6.59. The van der Waals surface area contributed by atoms with Crippen LogP contribution in [-0.2, 0) is 0 Å². The summed E-state index contributed by atoms with van der Waals surface area (Å²) in [4.78, 5) is 24.8. The van der Waals surface area contributed by atoms with Gasteiger partial charge in [-0.15, -0.1) is 0 Å². The summed E-state index contributed by atoms with van der Waals surface area (Å²) in [7, 11) is 0. The average Bonchev–Trinajstić information content (AvgIpc) is 2.45. The van der Waals surface area contributed by atoms with Crippen LogP contribution >= 0.6 is 0 Å². The summed E-state index contributed by atoms with van der Waals surface area (Å²) in [6.07, 6.45) is 5.56. The minimum absolute atomic E-state index is 0.208. The molecular weight excluding hydrogens is 264 g/mol. The van der Waals surface area contributed by atoms with Crippen molar-refractivity contribution in [3.63, 3.8) is 0 Å². The van der Waals surface area contributed by atoms with Gasteiger partial charge < -0.3 is 9.84 Å². The molecule has 1 saturated carbocycles. The minimum atomic E-state index is -1.23. The Morgan fingerprint density at radius 1 is 1.40 bits per heavy atom. The molecule has 20 heavy (non-hydrogen) atoms. The maximum Gasteiger partial charge on any atom is 0.354 e. The largest absolute Gasteiger partial charge is 0.477 e. The van der Waals surface area contributed by atoms with Crippen LogP contribution in [0.4, 0.5) is 5.69 Å². The lowest BCUT2D eigenvalue weighted by atomic mass is 9.90. The van der Waals surface area contributed by atoms with Crippen LogP contribution in [0.15, 0.2) is 12.1 Å². The SMILES string of the molecule is O=C(O)c1ccc([N+](=O)[O-])c(OCC2CCCCC2)n1. The number of rotatable bonds is 5. The second kappa shape index (κ2) is 6.31. The zero-order chi connectivity index (χ0) is 14.5. The minimum Gasteiger partial charge on any atom is -0.477 e. The monoisotopic (exact) mass is 280 g/mol. The Bertz CT molecular complexity index is 511. The Balaban J connectivity index is 2.12. The quantitative estimate of drug-likeness (QED) is 0.657. The Labute approximate surface area is 115 Å². The number of ether oxygens (including phenoxy) is 1. The van der Waals surface area contributed by atoms with Crippen molar-refractivity contribution in [1.29, 1.82) is 0 Å². The maximum atomic E-state index is 10.9. The molecule has 0 aliphatic heterocycles. The van der Waals surface area contributed by atoms with Crippen LogP contribution in [0.3, 0.4) is 0 Å². The number of nitrogens with zero attached hydrogens (tertiary/aromatic N) is 2. The van der Waals surface area contributed by atoms with Gasteiger partial charge in [0.15, 0.2) is 5.69 Å². The predicted octanol–water partition coefficient (Wildman–Crippen LogP) is 2.65. The van der Waals surface area contributed by atoms with E-state index >= 15 is 0 Å². The van der Waals surface area contributed by atoms with Crippen molar-refractivity contribution in [3.8, 4) is 5.88 Å². The van der Waals surface area contributed by atoms with Crippen LogP contribution in [0.5, 0.6) is 5.88 Å². The number of hydrogen-bond donors (Lipinski definition) is 1. The Hall–Kier alpha value is -2.18. The van der Waals surface area contributed by atoms with Crippen molar-refractivity contribution in [1.82, 2.24) is 4.98 Å². The molecule has 2 rings (SSSR count). The van der Waals surface area contributed by atoms with Gasteiger partial charge in [-0.1, -0.05) is 19.3 Å². The molecule has 0 unspecified atom stereocenters. The smallest absolute Gasteiger partial charge is 0.354 e. The maximum absolute atomic E-state index is 10.9. The fourth-order valence-corrected chi connectivity index (χ4v) is 2.35. The third-order valence-corrected chi connectivity index (χ3v) is 3.44. The molecule has 0 amide bonds. The van der Waals surface area contributed by atoms with Crippen molar-refractivity contribution >= 4 is 11.7 Å². The molecule has 1 aromatic rings. The highest BCUT2D eigenvalue weighted by Crippen LogP contribution is 2.28. The standard InChI is InChI=1S/C13H16N2O5/c16-13(17)10-6-7-11(15(18)19)12(14-10)20-8-9-4-2-1-3-5-9/h6-7,9H,1-5,8H2,(H,16,17). The number of carboxylic acids is 1. The van der Waals surface area contributed by atoms with Crippen molar-refractivity contribution < 1.29 is 19.6 Å². The third-order valence-electron chi connectivity index (χ3n) is 3.44. The first-order valence-corrected chi connectivity index (χ1v) is 6.59. The van der Waals surface area contributed by atoms with Gasteiger partial charge in [0.25, 0.3) is 5.88 Å². The first kappa shape index (κ1) is 14.2. The molecule has 1 N–H and O–H groups in total. The van der Waals surface area contributed by atoms with Crippen LogP contribution in [-0.4, -0.2) is 27.6 Å². The Morgan fingerprint density at radius 3 is 2.70 bits per heavy atom. The van der Waals surface area contributed by atoms with E-state index in [4.69, 9.17) is 9.84 Å². The summed E-state index contributed by atoms with van der Waals surface area (Å²) in [5.41, 5.74) is -0.556. The molecule has 1 fully saturated rings. The van der Waals surface area contributed by atoms with Crippen LogP contribution in [0.1, 0.15) is 42.6 Å². The van der Waals surface area contributed by atoms with Crippen LogP contribution in [0, 0.1) is 16.0 Å². The van der Waals surface area contributed by atoms with Gasteiger partial charge in [0.05, 0.1) is 11.5 Å². The number of aromatic nitrogens is 1. The van der Waals surface area contributed by atoms with E-state index in [1.54, 1.807) is 0 Å². The van der Waals surface area contributed by atoms with Gasteiger partial charge in [-0.2, -0.15) is 0 Å². The molecule has 1 aliphatic carbocycles. The Kier molecular flexibility index (Phi) is 4.49. The molecule has 108 valence electrons. The molecule has 0 atom stereocenters. The van der Waals surface area contributed by atoms with E-state index in [0.29, 0.717) is 12.5 Å². The van der Waals surface area contributed by atoms with Crippen molar-refractivity contribution in [2.24, 2.45) is 5.92 Å². The molecule has 0 radical (unpaired) electrons. The summed E-state index contributed by atoms with van der Waals surface area (Å²) in [6, 6.07) is 2.22. The lowest BCUT2D eigenvalue weighted by Gasteiger charge is -2.21. The van der Waals surface area contributed by atoms with Gasteiger partial charge in [-0.05, 0) is 24.8 Å². The van der Waals surface area contributed by atoms with E-state index in [9.17, 15) is 14.9 Å². The van der Waals surface area contributed by atoms with Gasteiger partial charge in [0.2, 0.25) is 0 Å². The van der Waals surface area contributed by atoms with Gasteiger partial charge in [-0.25, -0.2) is 9.78 Å². The number of pyridine rings is 1. The summed E-state index contributed by atoms with van der Waals surface area (Å²) in [6.45, 7) is 0.344. The first-order chi connectivity index (χ1) is 9.58. The predicted molar refractivity (Wildman–Crippen MR) is 69.9 cm³/mol. The van der Waals surface area contributed by atoms with E-state index in [2.05, 4.69) is 4.98 Å². The number of hydrogen-bond acceptors (Lipinski definition) is 5. The lowest BCUT2D eigenvalue weighted by Crippen LogP contribution is -2.16. The second-order valence-electron chi connectivity index (χ2n) is 4.90. The highest BCUT2D eigenvalue weighted by Gasteiger charge is 2.22. The lowest BCUT2D eigenvalue weighted by molar-refractivity contribution is -0.386. The molecule has 1 aromatic heterocycles. The van der Waals surface area contributed by atoms with Crippen LogP contribution < -0.4 is 4.74 Å². The molecule has 7 nitrogen and oxygen atoms in total. The third kappa shape index (κ3) is 3.43. The van der Waals surface area contributed by atoms with E-state index < -0.39 is 10.9 Å². The number of aromatic carboxylic acids is 1. The molecule has 0 saturated heterocycles. The van der Waals surface area contributed by atoms with Gasteiger partial charge in [0.1, 0.15) is 0 Å². The molecule has 0 bridgehead atoms. The zero-order valence-electron chi connectivity index (χ0n) is 10.9. The van der Waals surface area contributed by atoms with Crippen molar-refractivity contribution in [2.45, 2.75) is 32.1 Å². The van der Waals surface area contributed by atoms with Crippen molar-refractivity contribution in [2.75, 3.05) is 6.61 Å². The Morgan fingerprint density at radius 2 is 2.10 bits per heavy atom. The molecule has 1 heterocycles. The van der Waals surface area contributed by atoms with Crippen LogP contribution in [0.25, 0.3) is 0 Å². The molecule has 1 aliphatic rings. The molecule has 0 aromatic carbocycles.